The molecule has 3 rings (SSSR count). The van der Waals surface area contributed by atoms with E-state index in [2.05, 4.69) is 22.5 Å². The summed E-state index contributed by atoms with van der Waals surface area (Å²) in [4.78, 5) is 8.94. The molecule has 7 N–H and O–H groups in total. The highest BCUT2D eigenvalue weighted by Crippen LogP contribution is 2.25. The van der Waals surface area contributed by atoms with Crippen LogP contribution in [-0.4, -0.2) is 52.5 Å². The zero-order valence-corrected chi connectivity index (χ0v) is 19.8. The Labute approximate surface area is 195 Å². The number of hydrogen-bond acceptors (Lipinski definition) is 6. The van der Waals surface area contributed by atoms with E-state index in [0.29, 0.717) is 29.0 Å². The fourth-order valence-electron chi connectivity index (χ4n) is 4.46. The van der Waals surface area contributed by atoms with Gasteiger partial charge < -0.3 is 26.6 Å². The fourth-order valence-corrected chi connectivity index (χ4v) is 4.64. The van der Waals surface area contributed by atoms with Crippen LogP contribution in [0.1, 0.15) is 57.9 Å². The van der Waals surface area contributed by atoms with Crippen LogP contribution in [0.25, 0.3) is 10.9 Å². The molecule has 1 aromatic heterocycles. The van der Waals surface area contributed by atoms with E-state index in [1.165, 1.54) is 32.1 Å². The molecule has 176 valence electrons. The van der Waals surface area contributed by atoms with Gasteiger partial charge in [-0.3, -0.25) is 0 Å². The molecule has 3 atom stereocenters. The monoisotopic (exact) mass is 462 g/mol. The van der Waals surface area contributed by atoms with Crippen molar-refractivity contribution in [2.24, 2.45) is 16.6 Å². The van der Waals surface area contributed by atoms with Crippen LogP contribution in [0.4, 0.5) is 5.82 Å². The largest absolute Gasteiger partial charge is 0.578 e. The van der Waals surface area contributed by atoms with E-state index in [-0.39, 0.29) is 24.5 Å². The lowest BCUT2D eigenvalue weighted by atomic mass is 9.91. The first-order valence-corrected chi connectivity index (χ1v) is 12.1. The van der Waals surface area contributed by atoms with Crippen LogP contribution in [0, 0.1) is 5.92 Å². The lowest BCUT2D eigenvalue weighted by Crippen LogP contribution is -2.46. The fraction of sp³-hybridized carbons (Fsp3) is 0.583. The average Bonchev–Trinajstić information content (AvgIpc) is 2.78. The van der Waals surface area contributed by atoms with Crippen LogP contribution in [0.5, 0.6) is 0 Å². The standard InChI is InChI=1S/C24H36ClN5O2/c1-3-21(29-19-7-5-4-6-8-19)17(14-31)13-27-23-20(24(32)28-15(2)26)12-16-11-18(25)9-10-22(16)30-23/h9-12,15,17,19,21,29,31H,3-8,13-14,26H2,1-2H3,(H,27,30)(H,28,32)/p+1. The van der Waals surface area contributed by atoms with E-state index in [0.717, 1.165) is 17.3 Å². The van der Waals surface area contributed by atoms with Crippen molar-refractivity contribution in [3.63, 3.8) is 0 Å². The highest BCUT2D eigenvalue weighted by molar-refractivity contribution is 6.31. The number of pyridine rings is 1. The molecule has 1 fully saturated rings. The van der Waals surface area contributed by atoms with E-state index >= 15 is 0 Å². The van der Waals surface area contributed by atoms with Gasteiger partial charge in [-0.05, 0) is 50.5 Å². The third kappa shape index (κ3) is 6.54. The molecule has 8 heteroatoms. The summed E-state index contributed by atoms with van der Waals surface area (Å²) in [6.45, 7) is 4.51. The molecule has 0 aliphatic heterocycles. The van der Waals surface area contributed by atoms with Crippen LogP contribution in [-0.2, 0) is 0 Å². The predicted octanol–water partition coefficient (Wildman–Crippen LogP) is 3.39. The number of nitrogens with one attached hydrogen (secondary N) is 2. The Bertz CT molecular complexity index is 915. The zero-order chi connectivity index (χ0) is 23.1. The summed E-state index contributed by atoms with van der Waals surface area (Å²) in [6, 6.07) is 8.11. The third-order valence-corrected chi connectivity index (χ3v) is 6.43. The van der Waals surface area contributed by atoms with E-state index < -0.39 is 6.17 Å². The Morgan fingerprint density at radius 2 is 2.06 bits per heavy atom. The summed E-state index contributed by atoms with van der Waals surface area (Å²) in [7, 11) is 0. The van der Waals surface area contributed by atoms with Crippen molar-refractivity contribution in [1.29, 1.82) is 0 Å². The van der Waals surface area contributed by atoms with Gasteiger partial charge in [0.15, 0.2) is 0 Å². The van der Waals surface area contributed by atoms with Gasteiger partial charge in [0.25, 0.3) is 0 Å². The van der Waals surface area contributed by atoms with Crippen molar-refractivity contribution >= 4 is 34.2 Å². The Balaban J connectivity index is 1.82. The van der Waals surface area contributed by atoms with Crippen molar-refractivity contribution in [2.45, 2.75) is 70.6 Å². The molecule has 1 saturated carbocycles. The number of nitrogens with zero attached hydrogens (tertiary/aromatic N) is 2. The molecule has 0 saturated heterocycles. The van der Waals surface area contributed by atoms with Crippen LogP contribution in [0.15, 0.2) is 29.3 Å². The summed E-state index contributed by atoms with van der Waals surface area (Å²) < 4.78 is 0. The molecular weight excluding hydrogens is 426 g/mol. The molecule has 2 aromatic rings. The number of rotatable bonds is 10. The minimum absolute atomic E-state index is 0.0250. The molecule has 1 aromatic carbocycles. The molecule has 1 aliphatic rings. The summed E-state index contributed by atoms with van der Waals surface area (Å²) in [5, 5.41) is 27.2. The maximum absolute atomic E-state index is 10.1. The number of aliphatic imine (C=N–C) groups is 1. The van der Waals surface area contributed by atoms with Gasteiger partial charge in [0, 0.05) is 41.6 Å². The SMILES string of the molecule is CCC(NC1CCCCC1)C(CO)CNc1nc2ccc(Cl)cc2cc1/C([OH2+])=N/C(C)N. The van der Waals surface area contributed by atoms with Gasteiger partial charge in [0.1, 0.15) is 17.5 Å². The van der Waals surface area contributed by atoms with Gasteiger partial charge in [-0.25, -0.2) is 4.98 Å². The second kappa shape index (κ2) is 11.8. The van der Waals surface area contributed by atoms with Gasteiger partial charge in [0.2, 0.25) is 0 Å². The van der Waals surface area contributed by atoms with Gasteiger partial charge >= 0.3 is 5.90 Å². The lowest BCUT2D eigenvalue weighted by molar-refractivity contribution is 0.180. The molecular formula is C24H37ClN5O2+. The normalized spacial score (nSPS) is 18.5. The van der Waals surface area contributed by atoms with Gasteiger partial charge in [0.05, 0.1) is 5.52 Å². The number of nitrogens with two attached hydrogens (primary N) is 1. The van der Waals surface area contributed by atoms with Crippen molar-refractivity contribution in [2.75, 3.05) is 18.5 Å². The molecule has 0 amide bonds. The van der Waals surface area contributed by atoms with E-state index in [1.807, 2.05) is 18.2 Å². The maximum Gasteiger partial charge on any atom is 0.365 e. The minimum atomic E-state index is -0.486. The highest BCUT2D eigenvalue weighted by Gasteiger charge is 2.25. The number of anilines is 1. The predicted molar refractivity (Wildman–Crippen MR) is 134 cm³/mol. The molecule has 0 spiro atoms. The first kappa shape index (κ1) is 24.7. The van der Waals surface area contributed by atoms with Gasteiger partial charge in [-0.2, -0.15) is 4.99 Å². The Kier molecular flexibility index (Phi) is 9.11. The Morgan fingerprint density at radius 1 is 1.31 bits per heavy atom. The van der Waals surface area contributed by atoms with Gasteiger partial charge in [-0.15, -0.1) is 0 Å². The Hall–Kier alpha value is -1.93. The number of halogens is 1. The van der Waals surface area contributed by atoms with Crippen LogP contribution < -0.4 is 16.4 Å². The molecule has 32 heavy (non-hydrogen) atoms. The minimum Gasteiger partial charge on any atom is -0.578 e. The number of hydrogen-bond donors (Lipinski definition) is 4. The van der Waals surface area contributed by atoms with Crippen molar-refractivity contribution in [1.82, 2.24) is 10.3 Å². The number of benzene rings is 1. The van der Waals surface area contributed by atoms with Crippen LogP contribution in [0.2, 0.25) is 5.02 Å². The molecule has 1 aliphatic carbocycles. The summed E-state index contributed by atoms with van der Waals surface area (Å²) in [5.74, 6) is 0.669. The quantitative estimate of drug-likeness (QED) is 0.245. The number of aliphatic hydroxyl groups excluding tert-OH is 1. The van der Waals surface area contributed by atoms with Crippen molar-refractivity contribution in [3.8, 4) is 0 Å². The topological polar surface area (TPSA) is 118 Å². The van der Waals surface area contributed by atoms with Crippen molar-refractivity contribution < 1.29 is 10.2 Å². The van der Waals surface area contributed by atoms with E-state index in [4.69, 9.17) is 27.4 Å². The molecule has 1 heterocycles. The second-order valence-corrected chi connectivity index (χ2v) is 9.22. The lowest BCUT2D eigenvalue weighted by Gasteiger charge is -2.32. The molecule has 0 radical (unpaired) electrons. The van der Waals surface area contributed by atoms with Gasteiger partial charge in [-0.1, -0.05) is 37.8 Å². The molecule has 0 bridgehead atoms. The molecule has 3 unspecified atom stereocenters. The first-order chi connectivity index (χ1) is 15.4. The van der Waals surface area contributed by atoms with Crippen LogP contribution >= 0.6 is 11.6 Å². The average molecular weight is 463 g/mol. The summed E-state index contributed by atoms with van der Waals surface area (Å²) in [6.07, 6.45) is 6.73. The maximum atomic E-state index is 10.1. The smallest absolute Gasteiger partial charge is 0.365 e. The third-order valence-electron chi connectivity index (χ3n) is 6.19. The second-order valence-electron chi connectivity index (χ2n) is 8.78. The summed E-state index contributed by atoms with van der Waals surface area (Å²) in [5.41, 5.74) is 7.15. The number of aliphatic hydroxyl groups is 1. The molecule has 7 nitrogen and oxygen atoms in total. The van der Waals surface area contributed by atoms with E-state index in [1.54, 1.807) is 13.0 Å². The first-order valence-electron chi connectivity index (χ1n) is 11.7. The number of aromatic nitrogens is 1. The number of fused-ring (bicyclic) bond motifs is 1. The van der Waals surface area contributed by atoms with E-state index in [9.17, 15) is 5.11 Å². The zero-order valence-electron chi connectivity index (χ0n) is 19.1. The summed E-state index contributed by atoms with van der Waals surface area (Å²) >= 11 is 6.15. The van der Waals surface area contributed by atoms with Crippen molar-refractivity contribution in [3.05, 3.63) is 34.9 Å². The van der Waals surface area contributed by atoms with Crippen LogP contribution in [0.3, 0.4) is 0 Å². The highest BCUT2D eigenvalue weighted by atomic mass is 35.5. The Morgan fingerprint density at radius 3 is 2.72 bits per heavy atom.